The Kier molecular flexibility index (Phi) is 5.57. The molecule has 4 rings (SSSR count). The summed E-state index contributed by atoms with van der Waals surface area (Å²) in [5, 5.41) is 2.99. The molecule has 0 spiro atoms. The summed E-state index contributed by atoms with van der Waals surface area (Å²) >= 11 is 0. The lowest BCUT2D eigenvalue weighted by molar-refractivity contribution is -0.120. The first-order valence-electron chi connectivity index (χ1n) is 9.57. The van der Waals surface area contributed by atoms with Gasteiger partial charge in [0.15, 0.2) is 11.5 Å². The maximum absolute atomic E-state index is 12.2. The minimum Gasteiger partial charge on any atom is -0.486 e. The van der Waals surface area contributed by atoms with E-state index >= 15 is 0 Å². The van der Waals surface area contributed by atoms with Gasteiger partial charge in [-0.2, -0.15) is 0 Å². The molecule has 142 valence electrons. The quantitative estimate of drug-likeness (QED) is 0.710. The molecule has 0 aliphatic carbocycles. The normalized spacial score (nSPS) is 12.4. The molecular formula is C24H23NO3. The standard InChI is InChI=1S/C24H23NO3/c26-24(17-18-6-9-21(10-7-18)20-4-2-1-3-5-20)25-13-12-19-8-11-22-23(16-19)28-15-14-27-22/h1-11,16H,12-15,17H2,(H,25,26). The largest absolute Gasteiger partial charge is 0.486 e. The Morgan fingerprint density at radius 1 is 0.786 bits per heavy atom. The molecule has 0 fully saturated rings. The predicted molar refractivity (Wildman–Crippen MR) is 110 cm³/mol. The van der Waals surface area contributed by atoms with E-state index in [1.807, 2.05) is 48.5 Å². The lowest BCUT2D eigenvalue weighted by Crippen LogP contribution is -2.27. The summed E-state index contributed by atoms with van der Waals surface area (Å²) in [6.07, 6.45) is 1.14. The molecule has 28 heavy (non-hydrogen) atoms. The van der Waals surface area contributed by atoms with Gasteiger partial charge < -0.3 is 14.8 Å². The van der Waals surface area contributed by atoms with Crippen LogP contribution in [0.5, 0.6) is 11.5 Å². The topological polar surface area (TPSA) is 47.6 Å². The van der Waals surface area contributed by atoms with Gasteiger partial charge in [0.25, 0.3) is 0 Å². The third kappa shape index (κ3) is 4.52. The molecule has 0 unspecified atom stereocenters. The zero-order valence-corrected chi connectivity index (χ0v) is 15.7. The number of hydrogen-bond donors (Lipinski definition) is 1. The molecule has 4 nitrogen and oxygen atoms in total. The SMILES string of the molecule is O=C(Cc1ccc(-c2ccccc2)cc1)NCCc1ccc2c(c1)OCCO2. The number of carbonyl (C=O) groups excluding carboxylic acids is 1. The van der Waals surface area contributed by atoms with Gasteiger partial charge in [-0.15, -0.1) is 0 Å². The highest BCUT2D eigenvalue weighted by atomic mass is 16.6. The van der Waals surface area contributed by atoms with E-state index in [-0.39, 0.29) is 5.91 Å². The Morgan fingerprint density at radius 3 is 2.25 bits per heavy atom. The van der Waals surface area contributed by atoms with Crippen LogP contribution < -0.4 is 14.8 Å². The van der Waals surface area contributed by atoms with Crippen molar-refractivity contribution in [2.75, 3.05) is 19.8 Å². The van der Waals surface area contributed by atoms with Crippen molar-refractivity contribution in [3.8, 4) is 22.6 Å². The number of benzene rings is 3. The Hall–Kier alpha value is -3.27. The third-order valence-corrected chi connectivity index (χ3v) is 4.77. The summed E-state index contributed by atoms with van der Waals surface area (Å²) in [5.74, 6) is 1.61. The molecule has 0 atom stereocenters. The second-order valence-electron chi connectivity index (χ2n) is 6.82. The molecular weight excluding hydrogens is 350 g/mol. The van der Waals surface area contributed by atoms with Crippen LogP contribution in [-0.2, 0) is 17.6 Å². The van der Waals surface area contributed by atoms with Gasteiger partial charge >= 0.3 is 0 Å². The van der Waals surface area contributed by atoms with Crippen molar-refractivity contribution in [2.24, 2.45) is 0 Å². The molecule has 0 saturated carbocycles. The van der Waals surface area contributed by atoms with Crippen molar-refractivity contribution in [1.82, 2.24) is 5.32 Å². The highest BCUT2D eigenvalue weighted by Crippen LogP contribution is 2.30. The minimum absolute atomic E-state index is 0.0324. The molecule has 1 N–H and O–H groups in total. The number of amides is 1. The number of hydrogen-bond acceptors (Lipinski definition) is 3. The van der Waals surface area contributed by atoms with E-state index in [1.165, 1.54) is 5.56 Å². The summed E-state index contributed by atoms with van der Waals surface area (Å²) in [7, 11) is 0. The Balaban J connectivity index is 1.26. The van der Waals surface area contributed by atoms with Crippen LogP contribution in [0.15, 0.2) is 72.8 Å². The minimum atomic E-state index is 0.0324. The molecule has 0 radical (unpaired) electrons. The van der Waals surface area contributed by atoms with E-state index in [4.69, 9.17) is 9.47 Å². The molecule has 1 heterocycles. The van der Waals surface area contributed by atoms with Crippen molar-refractivity contribution in [3.05, 3.63) is 83.9 Å². The number of carbonyl (C=O) groups is 1. The van der Waals surface area contributed by atoms with E-state index in [0.717, 1.165) is 34.6 Å². The van der Waals surface area contributed by atoms with Crippen molar-refractivity contribution >= 4 is 5.91 Å². The van der Waals surface area contributed by atoms with Crippen LogP contribution in [0.1, 0.15) is 11.1 Å². The average Bonchev–Trinajstić information content (AvgIpc) is 2.75. The fourth-order valence-electron chi connectivity index (χ4n) is 3.28. The van der Waals surface area contributed by atoms with E-state index in [2.05, 4.69) is 29.6 Å². The Labute approximate surface area is 165 Å². The van der Waals surface area contributed by atoms with E-state index in [1.54, 1.807) is 0 Å². The average molecular weight is 373 g/mol. The molecule has 0 aromatic heterocycles. The summed E-state index contributed by atoms with van der Waals surface area (Å²) in [6.45, 7) is 1.77. The summed E-state index contributed by atoms with van der Waals surface area (Å²) in [6, 6.07) is 24.3. The first kappa shape index (κ1) is 18.1. The second-order valence-corrected chi connectivity index (χ2v) is 6.82. The van der Waals surface area contributed by atoms with Crippen molar-refractivity contribution in [1.29, 1.82) is 0 Å². The van der Waals surface area contributed by atoms with Crippen LogP contribution in [0.4, 0.5) is 0 Å². The monoisotopic (exact) mass is 373 g/mol. The van der Waals surface area contributed by atoms with Crippen molar-refractivity contribution in [2.45, 2.75) is 12.8 Å². The van der Waals surface area contributed by atoms with Crippen molar-refractivity contribution < 1.29 is 14.3 Å². The predicted octanol–water partition coefficient (Wildman–Crippen LogP) is 4.03. The van der Waals surface area contributed by atoms with Gasteiger partial charge in [-0.1, -0.05) is 60.7 Å². The van der Waals surface area contributed by atoms with E-state index in [9.17, 15) is 4.79 Å². The zero-order chi connectivity index (χ0) is 19.2. The fraction of sp³-hybridized carbons (Fsp3) is 0.208. The number of nitrogens with one attached hydrogen (secondary N) is 1. The van der Waals surface area contributed by atoms with Gasteiger partial charge in [-0.05, 0) is 40.8 Å². The van der Waals surface area contributed by atoms with Gasteiger partial charge in [0.05, 0.1) is 6.42 Å². The van der Waals surface area contributed by atoms with Gasteiger partial charge in [-0.25, -0.2) is 0 Å². The van der Waals surface area contributed by atoms with Crippen LogP contribution in [0, 0.1) is 0 Å². The fourth-order valence-corrected chi connectivity index (χ4v) is 3.28. The molecule has 3 aromatic carbocycles. The van der Waals surface area contributed by atoms with Crippen molar-refractivity contribution in [3.63, 3.8) is 0 Å². The molecule has 4 heteroatoms. The van der Waals surface area contributed by atoms with Crippen LogP contribution in [-0.4, -0.2) is 25.7 Å². The number of rotatable bonds is 6. The number of ether oxygens (including phenoxy) is 2. The summed E-state index contributed by atoms with van der Waals surface area (Å²) in [4.78, 5) is 12.2. The van der Waals surface area contributed by atoms with E-state index in [0.29, 0.717) is 26.2 Å². The molecule has 1 amide bonds. The van der Waals surface area contributed by atoms with Gasteiger partial charge in [-0.3, -0.25) is 4.79 Å². The summed E-state index contributed by atoms with van der Waals surface area (Å²) in [5.41, 5.74) is 4.47. The highest BCUT2D eigenvalue weighted by molar-refractivity contribution is 5.78. The molecule has 0 saturated heterocycles. The maximum atomic E-state index is 12.2. The molecule has 1 aliphatic heterocycles. The first-order valence-corrected chi connectivity index (χ1v) is 9.57. The maximum Gasteiger partial charge on any atom is 0.224 e. The number of fused-ring (bicyclic) bond motifs is 1. The van der Waals surface area contributed by atoms with Crippen LogP contribution in [0.3, 0.4) is 0 Å². The molecule has 3 aromatic rings. The van der Waals surface area contributed by atoms with Gasteiger partial charge in [0, 0.05) is 6.54 Å². The summed E-state index contributed by atoms with van der Waals surface area (Å²) < 4.78 is 11.1. The smallest absolute Gasteiger partial charge is 0.224 e. The third-order valence-electron chi connectivity index (χ3n) is 4.77. The van der Waals surface area contributed by atoms with Gasteiger partial charge in [0.1, 0.15) is 13.2 Å². The lowest BCUT2D eigenvalue weighted by atomic mass is 10.0. The zero-order valence-electron chi connectivity index (χ0n) is 15.7. The van der Waals surface area contributed by atoms with Crippen LogP contribution in [0.25, 0.3) is 11.1 Å². The lowest BCUT2D eigenvalue weighted by Gasteiger charge is -2.18. The molecule has 1 aliphatic rings. The van der Waals surface area contributed by atoms with Gasteiger partial charge in [0.2, 0.25) is 5.91 Å². The van der Waals surface area contributed by atoms with Crippen LogP contribution in [0.2, 0.25) is 0 Å². The second kappa shape index (κ2) is 8.61. The first-order chi connectivity index (χ1) is 13.8. The Morgan fingerprint density at radius 2 is 1.46 bits per heavy atom. The van der Waals surface area contributed by atoms with Crippen LogP contribution >= 0.6 is 0 Å². The molecule has 0 bridgehead atoms. The Bertz CT molecular complexity index is 936. The highest BCUT2D eigenvalue weighted by Gasteiger charge is 2.11. The van der Waals surface area contributed by atoms with E-state index < -0.39 is 0 Å².